The standard InChI is InChI=1S/C15H16N4O3S/c1-7-3-4-9(13(20)17-14-19-18-8(2)23-14)5-10(7)11-6-12(11)16-15(21)22/h3-5,11-12,16H,6H2,1-2H3,(H,21,22)(H,17,19,20)/t11-,12+/m0/s1. The van der Waals surface area contributed by atoms with Gasteiger partial charge in [0.1, 0.15) is 5.01 Å². The number of nitrogens with zero attached hydrogens (tertiary/aromatic N) is 2. The molecule has 1 aliphatic rings. The molecule has 7 nitrogen and oxygen atoms in total. The normalized spacial score (nSPS) is 19.2. The minimum Gasteiger partial charge on any atom is -0.465 e. The SMILES string of the molecule is Cc1nnc(NC(=O)c2ccc(C)c([C@@H]3C[C@H]3NC(=O)O)c2)s1. The Morgan fingerprint density at radius 3 is 2.74 bits per heavy atom. The van der Waals surface area contributed by atoms with Gasteiger partial charge >= 0.3 is 6.09 Å². The van der Waals surface area contributed by atoms with E-state index in [1.165, 1.54) is 11.3 Å². The molecule has 0 bridgehead atoms. The topological polar surface area (TPSA) is 104 Å². The number of hydrogen-bond donors (Lipinski definition) is 3. The van der Waals surface area contributed by atoms with E-state index in [1.807, 2.05) is 26.0 Å². The number of carbonyl (C=O) groups is 2. The van der Waals surface area contributed by atoms with Crippen molar-refractivity contribution in [2.45, 2.75) is 32.2 Å². The highest BCUT2D eigenvalue weighted by atomic mass is 32.1. The Bertz CT molecular complexity index is 774. The summed E-state index contributed by atoms with van der Waals surface area (Å²) in [6, 6.07) is 5.39. The summed E-state index contributed by atoms with van der Waals surface area (Å²) >= 11 is 1.31. The van der Waals surface area contributed by atoms with Crippen molar-refractivity contribution in [3.05, 3.63) is 39.9 Å². The summed E-state index contributed by atoms with van der Waals surface area (Å²) in [7, 11) is 0. The van der Waals surface area contributed by atoms with Crippen LogP contribution in [0.2, 0.25) is 0 Å². The van der Waals surface area contributed by atoms with Crippen molar-refractivity contribution in [2.75, 3.05) is 5.32 Å². The van der Waals surface area contributed by atoms with Crippen molar-refractivity contribution in [3.63, 3.8) is 0 Å². The lowest BCUT2D eigenvalue weighted by Gasteiger charge is -2.08. The zero-order valence-corrected chi connectivity index (χ0v) is 13.5. The number of amides is 2. The minimum atomic E-state index is -1.02. The highest BCUT2D eigenvalue weighted by molar-refractivity contribution is 7.15. The van der Waals surface area contributed by atoms with Crippen LogP contribution in [-0.4, -0.2) is 33.3 Å². The van der Waals surface area contributed by atoms with E-state index >= 15 is 0 Å². The Kier molecular flexibility index (Phi) is 3.99. The van der Waals surface area contributed by atoms with Crippen molar-refractivity contribution in [2.24, 2.45) is 0 Å². The smallest absolute Gasteiger partial charge is 0.404 e. The van der Waals surface area contributed by atoms with E-state index in [4.69, 9.17) is 5.11 Å². The molecule has 1 aliphatic carbocycles. The molecule has 0 aliphatic heterocycles. The molecule has 0 radical (unpaired) electrons. The maximum absolute atomic E-state index is 12.3. The molecule has 3 rings (SSSR count). The number of aromatic nitrogens is 2. The van der Waals surface area contributed by atoms with Gasteiger partial charge in [-0.3, -0.25) is 10.1 Å². The van der Waals surface area contributed by atoms with E-state index in [-0.39, 0.29) is 17.9 Å². The van der Waals surface area contributed by atoms with E-state index in [0.717, 1.165) is 22.6 Å². The van der Waals surface area contributed by atoms with Crippen molar-refractivity contribution >= 4 is 28.5 Å². The second kappa shape index (κ2) is 5.96. The van der Waals surface area contributed by atoms with Gasteiger partial charge in [-0.05, 0) is 43.5 Å². The Morgan fingerprint density at radius 1 is 1.30 bits per heavy atom. The number of benzene rings is 1. The van der Waals surface area contributed by atoms with Crippen LogP contribution in [0.15, 0.2) is 18.2 Å². The van der Waals surface area contributed by atoms with Crippen molar-refractivity contribution in [1.29, 1.82) is 0 Å². The zero-order chi connectivity index (χ0) is 16.6. The summed E-state index contributed by atoms with van der Waals surface area (Å²) in [6.45, 7) is 3.78. The summed E-state index contributed by atoms with van der Waals surface area (Å²) in [5.41, 5.74) is 2.58. The van der Waals surface area contributed by atoms with Gasteiger partial charge in [-0.2, -0.15) is 0 Å². The highest BCUT2D eigenvalue weighted by Gasteiger charge is 2.40. The molecule has 1 saturated carbocycles. The third-order valence-corrected chi connectivity index (χ3v) is 4.54. The van der Waals surface area contributed by atoms with Gasteiger partial charge in [0.05, 0.1) is 0 Å². The number of anilines is 1. The van der Waals surface area contributed by atoms with E-state index in [2.05, 4.69) is 20.8 Å². The van der Waals surface area contributed by atoms with E-state index in [9.17, 15) is 9.59 Å². The van der Waals surface area contributed by atoms with Crippen LogP contribution in [0.5, 0.6) is 0 Å². The molecule has 3 N–H and O–H groups in total. The monoisotopic (exact) mass is 332 g/mol. The highest BCUT2D eigenvalue weighted by Crippen LogP contribution is 2.42. The van der Waals surface area contributed by atoms with Crippen LogP contribution in [0.1, 0.15) is 38.8 Å². The Morgan fingerprint density at radius 2 is 2.09 bits per heavy atom. The summed E-state index contributed by atoms with van der Waals surface area (Å²) in [6.07, 6.45) is -0.260. The van der Waals surface area contributed by atoms with E-state index in [0.29, 0.717) is 10.7 Å². The van der Waals surface area contributed by atoms with Gasteiger partial charge in [-0.1, -0.05) is 17.4 Å². The largest absolute Gasteiger partial charge is 0.465 e. The molecular weight excluding hydrogens is 316 g/mol. The Labute approximate surface area is 136 Å². The van der Waals surface area contributed by atoms with E-state index < -0.39 is 6.09 Å². The summed E-state index contributed by atoms with van der Waals surface area (Å²) in [5, 5.41) is 23.0. The fourth-order valence-electron chi connectivity index (χ4n) is 2.55. The fourth-order valence-corrected chi connectivity index (χ4v) is 3.14. The van der Waals surface area contributed by atoms with Crippen LogP contribution in [0, 0.1) is 13.8 Å². The molecule has 1 aromatic carbocycles. The second-order valence-corrected chi connectivity index (χ2v) is 6.73. The summed E-state index contributed by atoms with van der Waals surface area (Å²) in [5.74, 6) is -0.117. The van der Waals surface area contributed by atoms with Gasteiger partial charge in [0, 0.05) is 17.5 Å². The predicted molar refractivity (Wildman–Crippen MR) is 86.1 cm³/mol. The first-order chi connectivity index (χ1) is 10.9. The lowest BCUT2D eigenvalue weighted by molar-refractivity contribution is 0.102. The number of hydrogen-bond acceptors (Lipinski definition) is 5. The Hall–Kier alpha value is -2.48. The molecule has 23 heavy (non-hydrogen) atoms. The van der Waals surface area contributed by atoms with Crippen molar-refractivity contribution < 1.29 is 14.7 Å². The average molecular weight is 332 g/mol. The molecule has 2 aromatic rings. The van der Waals surface area contributed by atoms with Crippen LogP contribution in [-0.2, 0) is 0 Å². The number of carboxylic acid groups (broad SMARTS) is 1. The van der Waals surface area contributed by atoms with Crippen LogP contribution in [0.25, 0.3) is 0 Å². The van der Waals surface area contributed by atoms with Gasteiger partial charge in [-0.25, -0.2) is 4.79 Å². The number of nitrogens with one attached hydrogen (secondary N) is 2. The van der Waals surface area contributed by atoms with Gasteiger partial charge in [0.2, 0.25) is 5.13 Å². The first-order valence-electron chi connectivity index (χ1n) is 7.15. The van der Waals surface area contributed by atoms with Crippen LogP contribution in [0.3, 0.4) is 0 Å². The molecule has 0 spiro atoms. The average Bonchev–Trinajstić information content (AvgIpc) is 3.10. The number of aryl methyl sites for hydroxylation is 2. The fraction of sp³-hybridized carbons (Fsp3) is 0.333. The van der Waals surface area contributed by atoms with E-state index in [1.54, 1.807) is 6.07 Å². The second-order valence-electron chi connectivity index (χ2n) is 5.55. The van der Waals surface area contributed by atoms with Gasteiger partial charge in [0.15, 0.2) is 0 Å². The first kappa shape index (κ1) is 15.4. The maximum Gasteiger partial charge on any atom is 0.404 e. The molecule has 120 valence electrons. The summed E-state index contributed by atoms with van der Waals surface area (Å²) < 4.78 is 0. The van der Waals surface area contributed by atoms with Gasteiger partial charge in [0.25, 0.3) is 5.91 Å². The van der Waals surface area contributed by atoms with Crippen molar-refractivity contribution in [3.8, 4) is 0 Å². The third-order valence-electron chi connectivity index (χ3n) is 3.79. The lowest BCUT2D eigenvalue weighted by atomic mass is 10.0. The van der Waals surface area contributed by atoms with Crippen LogP contribution in [0.4, 0.5) is 9.93 Å². The van der Waals surface area contributed by atoms with Crippen LogP contribution < -0.4 is 10.6 Å². The Balaban J connectivity index is 1.75. The quantitative estimate of drug-likeness (QED) is 0.798. The lowest BCUT2D eigenvalue weighted by Crippen LogP contribution is -2.24. The molecule has 0 unspecified atom stereocenters. The molecule has 1 aromatic heterocycles. The first-order valence-corrected chi connectivity index (χ1v) is 7.97. The predicted octanol–water partition coefficient (Wildman–Crippen LogP) is 2.53. The van der Waals surface area contributed by atoms with Crippen LogP contribution >= 0.6 is 11.3 Å². The molecule has 1 heterocycles. The molecule has 0 saturated heterocycles. The third kappa shape index (κ3) is 3.48. The number of carbonyl (C=O) groups excluding carboxylic acids is 1. The molecule has 8 heteroatoms. The summed E-state index contributed by atoms with van der Waals surface area (Å²) in [4.78, 5) is 23.0. The van der Waals surface area contributed by atoms with Gasteiger partial charge in [-0.15, -0.1) is 10.2 Å². The zero-order valence-electron chi connectivity index (χ0n) is 12.7. The molecule has 1 fully saturated rings. The number of rotatable bonds is 4. The van der Waals surface area contributed by atoms with Crippen molar-refractivity contribution in [1.82, 2.24) is 15.5 Å². The molecular formula is C15H16N4O3S. The van der Waals surface area contributed by atoms with Gasteiger partial charge < -0.3 is 10.4 Å². The molecule has 2 amide bonds. The minimum absolute atomic E-state index is 0.0738. The molecule has 2 atom stereocenters. The maximum atomic E-state index is 12.3.